The van der Waals surface area contributed by atoms with E-state index in [-0.39, 0.29) is 12.5 Å². The van der Waals surface area contributed by atoms with Gasteiger partial charge in [0.25, 0.3) is 0 Å². The molecule has 0 unspecified atom stereocenters. The summed E-state index contributed by atoms with van der Waals surface area (Å²) in [5.74, 6) is -0.214. The third kappa shape index (κ3) is 4.97. The van der Waals surface area contributed by atoms with Crippen LogP contribution in [-0.2, 0) is 29.0 Å². The van der Waals surface area contributed by atoms with E-state index in [1.54, 1.807) is 6.08 Å². The lowest BCUT2D eigenvalue weighted by Gasteiger charge is -2.20. The number of hydrogen-bond acceptors (Lipinski definition) is 4. The van der Waals surface area contributed by atoms with Crippen LogP contribution in [0.2, 0.25) is 0 Å². The average molecular weight is 358 g/mol. The van der Waals surface area contributed by atoms with Crippen molar-refractivity contribution in [2.75, 3.05) is 19.7 Å². The Morgan fingerprint density at radius 3 is 2.71 bits per heavy atom. The molecule has 1 heterocycles. The lowest BCUT2D eigenvalue weighted by Crippen LogP contribution is -2.31. The lowest BCUT2D eigenvalue weighted by atomic mass is 10.3. The molecule has 5 nitrogen and oxygen atoms in total. The third-order valence-electron chi connectivity index (χ3n) is 3.11. The molecule has 0 spiro atoms. The highest BCUT2D eigenvalue weighted by atomic mass is 79.9. The van der Waals surface area contributed by atoms with Crippen molar-refractivity contribution in [2.45, 2.75) is 40.3 Å². The maximum Gasteiger partial charge on any atom is 0.320 e. The summed E-state index contributed by atoms with van der Waals surface area (Å²) in [7, 11) is 0. The molecular weight excluding hydrogens is 334 g/mol. The smallest absolute Gasteiger partial charge is 0.320 e. The van der Waals surface area contributed by atoms with E-state index in [2.05, 4.69) is 41.5 Å². The van der Waals surface area contributed by atoms with Gasteiger partial charge in [0.05, 0.1) is 29.0 Å². The molecule has 0 fully saturated rings. The molecule has 0 bridgehead atoms. The molecule has 0 amide bonds. The van der Waals surface area contributed by atoms with Crippen LogP contribution < -0.4 is 0 Å². The van der Waals surface area contributed by atoms with Crippen molar-refractivity contribution in [1.82, 2.24) is 14.7 Å². The van der Waals surface area contributed by atoms with Gasteiger partial charge in [-0.1, -0.05) is 13.0 Å². The maximum atomic E-state index is 11.7. The Kier molecular flexibility index (Phi) is 7.67. The van der Waals surface area contributed by atoms with Gasteiger partial charge in [0.15, 0.2) is 0 Å². The SMILES string of the molecule is C=CCN(CC(=O)OCC)Cc1c(Br)c(CC)nn1CC. The molecule has 0 aliphatic rings. The van der Waals surface area contributed by atoms with Crippen LogP contribution >= 0.6 is 15.9 Å². The number of esters is 1. The first-order valence-electron chi connectivity index (χ1n) is 7.30. The molecule has 0 saturated heterocycles. The molecule has 1 aromatic rings. The Bertz CT molecular complexity index is 486. The minimum absolute atomic E-state index is 0.214. The summed E-state index contributed by atoms with van der Waals surface area (Å²) in [4.78, 5) is 13.7. The Hall–Kier alpha value is -1.14. The highest BCUT2D eigenvalue weighted by Crippen LogP contribution is 2.23. The van der Waals surface area contributed by atoms with Crippen molar-refractivity contribution in [3.63, 3.8) is 0 Å². The maximum absolute atomic E-state index is 11.7. The Labute approximate surface area is 135 Å². The first-order chi connectivity index (χ1) is 10.1. The molecule has 0 atom stereocenters. The van der Waals surface area contributed by atoms with Gasteiger partial charge < -0.3 is 4.74 Å². The van der Waals surface area contributed by atoms with Crippen molar-refractivity contribution >= 4 is 21.9 Å². The van der Waals surface area contributed by atoms with Crippen LogP contribution in [0, 0.1) is 0 Å². The van der Waals surface area contributed by atoms with Crippen molar-refractivity contribution in [1.29, 1.82) is 0 Å². The second kappa shape index (κ2) is 9.00. The molecule has 1 aromatic heterocycles. The van der Waals surface area contributed by atoms with Crippen LogP contribution in [0.1, 0.15) is 32.2 Å². The van der Waals surface area contributed by atoms with E-state index in [9.17, 15) is 4.79 Å². The number of ether oxygens (including phenoxy) is 1. The summed E-state index contributed by atoms with van der Waals surface area (Å²) < 4.78 is 8.03. The zero-order valence-corrected chi connectivity index (χ0v) is 14.6. The molecular formula is C15H24BrN3O2. The summed E-state index contributed by atoms with van der Waals surface area (Å²) in [6.45, 7) is 12.4. The molecule has 21 heavy (non-hydrogen) atoms. The molecule has 0 N–H and O–H groups in total. The first-order valence-corrected chi connectivity index (χ1v) is 8.09. The summed E-state index contributed by atoms with van der Waals surface area (Å²) in [6, 6.07) is 0. The fraction of sp³-hybridized carbons (Fsp3) is 0.600. The molecule has 0 aliphatic heterocycles. The average Bonchev–Trinajstić information content (AvgIpc) is 2.75. The zero-order chi connectivity index (χ0) is 15.8. The predicted molar refractivity (Wildman–Crippen MR) is 87.1 cm³/mol. The van der Waals surface area contributed by atoms with E-state index < -0.39 is 0 Å². The summed E-state index contributed by atoms with van der Waals surface area (Å²) >= 11 is 3.63. The number of halogens is 1. The van der Waals surface area contributed by atoms with Crippen LogP contribution in [-0.4, -0.2) is 40.3 Å². The molecule has 0 saturated carbocycles. The summed E-state index contributed by atoms with van der Waals surface area (Å²) in [5.41, 5.74) is 2.13. The van der Waals surface area contributed by atoms with Gasteiger partial charge in [-0.2, -0.15) is 5.10 Å². The van der Waals surface area contributed by atoms with E-state index in [1.807, 2.05) is 16.5 Å². The first kappa shape index (κ1) is 17.9. The van der Waals surface area contributed by atoms with Gasteiger partial charge in [0, 0.05) is 19.6 Å². The molecule has 0 radical (unpaired) electrons. The molecule has 0 aliphatic carbocycles. The van der Waals surface area contributed by atoms with Crippen LogP contribution in [0.4, 0.5) is 0 Å². The highest BCUT2D eigenvalue weighted by molar-refractivity contribution is 9.10. The van der Waals surface area contributed by atoms with Crippen molar-refractivity contribution < 1.29 is 9.53 Å². The quantitative estimate of drug-likeness (QED) is 0.503. The Morgan fingerprint density at radius 2 is 2.19 bits per heavy atom. The molecule has 6 heteroatoms. The van der Waals surface area contributed by atoms with Crippen molar-refractivity contribution in [3.05, 3.63) is 28.5 Å². The molecule has 118 valence electrons. The number of nitrogens with zero attached hydrogens (tertiary/aromatic N) is 3. The number of hydrogen-bond donors (Lipinski definition) is 0. The Balaban J connectivity index is 2.90. The van der Waals surface area contributed by atoms with Crippen LogP contribution in [0.25, 0.3) is 0 Å². The minimum Gasteiger partial charge on any atom is -0.465 e. The predicted octanol–water partition coefficient (Wildman–Crippen LogP) is 2.78. The molecule has 1 rings (SSSR count). The molecule has 0 aromatic carbocycles. The van der Waals surface area contributed by atoms with Gasteiger partial charge in [-0.25, -0.2) is 0 Å². The normalized spacial score (nSPS) is 10.9. The van der Waals surface area contributed by atoms with Gasteiger partial charge in [-0.05, 0) is 36.2 Å². The van der Waals surface area contributed by atoms with Crippen LogP contribution in [0.3, 0.4) is 0 Å². The van der Waals surface area contributed by atoms with Gasteiger partial charge in [-0.15, -0.1) is 6.58 Å². The lowest BCUT2D eigenvalue weighted by molar-refractivity contribution is -0.144. The number of carbonyl (C=O) groups excluding carboxylic acids is 1. The third-order valence-corrected chi connectivity index (χ3v) is 4.03. The van der Waals surface area contributed by atoms with Crippen LogP contribution in [0.15, 0.2) is 17.1 Å². The second-order valence-electron chi connectivity index (χ2n) is 4.64. The second-order valence-corrected chi connectivity index (χ2v) is 5.43. The van der Waals surface area contributed by atoms with Crippen LogP contribution in [0.5, 0.6) is 0 Å². The topological polar surface area (TPSA) is 47.4 Å². The van der Waals surface area contributed by atoms with E-state index in [0.717, 1.165) is 28.8 Å². The fourth-order valence-electron chi connectivity index (χ4n) is 2.14. The highest BCUT2D eigenvalue weighted by Gasteiger charge is 2.18. The largest absolute Gasteiger partial charge is 0.465 e. The number of aryl methyl sites for hydroxylation is 2. The van der Waals surface area contributed by atoms with Gasteiger partial charge in [0.1, 0.15) is 0 Å². The Morgan fingerprint density at radius 1 is 1.48 bits per heavy atom. The standard InChI is InChI=1S/C15H24BrN3O2/c1-5-9-18(11-14(20)21-8-4)10-13-15(16)12(6-2)17-19(13)7-3/h5H,1,6-11H2,2-4H3. The zero-order valence-electron chi connectivity index (χ0n) is 13.1. The fourth-order valence-corrected chi connectivity index (χ4v) is 2.83. The van der Waals surface area contributed by atoms with Gasteiger partial charge in [0.2, 0.25) is 0 Å². The van der Waals surface area contributed by atoms with Gasteiger partial charge >= 0.3 is 5.97 Å². The number of aromatic nitrogens is 2. The summed E-state index contributed by atoms with van der Waals surface area (Å²) in [6.07, 6.45) is 2.67. The van der Waals surface area contributed by atoms with Crippen molar-refractivity contribution in [3.8, 4) is 0 Å². The van der Waals surface area contributed by atoms with Gasteiger partial charge in [-0.3, -0.25) is 14.4 Å². The summed E-state index contributed by atoms with van der Waals surface area (Å²) in [5, 5.41) is 4.58. The monoisotopic (exact) mass is 357 g/mol. The number of rotatable bonds is 9. The van der Waals surface area contributed by atoms with Crippen molar-refractivity contribution in [2.24, 2.45) is 0 Å². The minimum atomic E-state index is -0.214. The van der Waals surface area contributed by atoms with E-state index in [1.165, 1.54) is 0 Å². The number of carbonyl (C=O) groups is 1. The van der Waals surface area contributed by atoms with E-state index in [4.69, 9.17) is 4.74 Å². The van der Waals surface area contributed by atoms with E-state index >= 15 is 0 Å². The van der Waals surface area contributed by atoms with E-state index in [0.29, 0.717) is 19.7 Å².